The van der Waals surface area contributed by atoms with Crippen LogP contribution in [0, 0.1) is 5.82 Å². The second-order valence-corrected chi connectivity index (χ2v) is 8.38. The second kappa shape index (κ2) is 9.45. The Morgan fingerprint density at radius 1 is 1.23 bits per heavy atom. The third-order valence-electron chi connectivity index (χ3n) is 6.29. The number of halogens is 1. The van der Waals surface area contributed by atoms with E-state index >= 15 is 0 Å². The SMILES string of the molecule is CC(=O)N1CCC(c2c(CNC(=O)C3=CCCCC3)cnn2-c2cccc(F)c2)CC1. The maximum absolute atomic E-state index is 13.9. The van der Waals surface area contributed by atoms with Gasteiger partial charge in [-0.1, -0.05) is 12.1 Å². The summed E-state index contributed by atoms with van der Waals surface area (Å²) in [6.07, 6.45) is 9.40. The van der Waals surface area contributed by atoms with Crippen molar-refractivity contribution < 1.29 is 14.0 Å². The van der Waals surface area contributed by atoms with Gasteiger partial charge in [0.1, 0.15) is 5.82 Å². The van der Waals surface area contributed by atoms with Gasteiger partial charge >= 0.3 is 0 Å². The Hall–Kier alpha value is -2.96. The number of piperidine rings is 1. The molecule has 2 aliphatic rings. The molecule has 2 heterocycles. The highest BCUT2D eigenvalue weighted by Gasteiger charge is 2.28. The summed E-state index contributed by atoms with van der Waals surface area (Å²) in [7, 11) is 0. The van der Waals surface area contributed by atoms with Gasteiger partial charge in [-0.15, -0.1) is 0 Å². The van der Waals surface area contributed by atoms with Gasteiger partial charge in [0.05, 0.1) is 17.6 Å². The van der Waals surface area contributed by atoms with E-state index in [0.29, 0.717) is 25.3 Å². The van der Waals surface area contributed by atoms with Gasteiger partial charge in [-0.25, -0.2) is 9.07 Å². The summed E-state index contributed by atoms with van der Waals surface area (Å²) in [6, 6.07) is 6.39. The first kappa shape index (κ1) is 21.3. The van der Waals surface area contributed by atoms with Crippen molar-refractivity contribution >= 4 is 11.8 Å². The second-order valence-electron chi connectivity index (χ2n) is 8.38. The highest BCUT2D eigenvalue weighted by atomic mass is 19.1. The molecule has 4 rings (SSSR count). The Balaban J connectivity index is 1.58. The Bertz CT molecular complexity index is 989. The van der Waals surface area contributed by atoms with E-state index in [1.165, 1.54) is 12.1 Å². The van der Waals surface area contributed by atoms with Crippen molar-refractivity contribution in [2.45, 2.75) is 57.9 Å². The molecule has 1 aliphatic carbocycles. The minimum Gasteiger partial charge on any atom is -0.348 e. The molecule has 1 aliphatic heterocycles. The van der Waals surface area contributed by atoms with E-state index in [0.717, 1.165) is 55.4 Å². The maximum atomic E-state index is 13.9. The topological polar surface area (TPSA) is 67.2 Å². The molecule has 1 aromatic heterocycles. The highest BCUT2D eigenvalue weighted by molar-refractivity contribution is 5.93. The van der Waals surface area contributed by atoms with E-state index in [9.17, 15) is 14.0 Å². The van der Waals surface area contributed by atoms with Gasteiger partial charge in [-0.2, -0.15) is 5.10 Å². The fourth-order valence-corrected chi connectivity index (χ4v) is 4.58. The monoisotopic (exact) mass is 424 g/mol. The van der Waals surface area contributed by atoms with Crippen molar-refractivity contribution in [3.63, 3.8) is 0 Å². The number of likely N-dealkylation sites (tertiary alicyclic amines) is 1. The number of hydrogen-bond acceptors (Lipinski definition) is 3. The molecule has 6 nitrogen and oxygen atoms in total. The average Bonchev–Trinajstić information content (AvgIpc) is 3.22. The molecule has 164 valence electrons. The van der Waals surface area contributed by atoms with Gasteiger partial charge in [-0.05, 0) is 56.7 Å². The predicted molar refractivity (Wildman–Crippen MR) is 116 cm³/mol. The lowest BCUT2D eigenvalue weighted by molar-refractivity contribution is -0.129. The van der Waals surface area contributed by atoms with Crippen molar-refractivity contribution in [1.29, 1.82) is 0 Å². The number of amides is 2. The molecule has 2 aromatic rings. The van der Waals surface area contributed by atoms with E-state index in [1.807, 2.05) is 17.0 Å². The third kappa shape index (κ3) is 4.86. The quantitative estimate of drug-likeness (QED) is 0.793. The Kier molecular flexibility index (Phi) is 6.49. The Morgan fingerprint density at radius 3 is 2.71 bits per heavy atom. The first-order valence-electron chi connectivity index (χ1n) is 11.1. The van der Waals surface area contributed by atoms with Crippen molar-refractivity contribution in [2.24, 2.45) is 0 Å². The summed E-state index contributed by atoms with van der Waals surface area (Å²) in [5, 5.41) is 7.60. The van der Waals surface area contributed by atoms with Gasteiger partial charge < -0.3 is 10.2 Å². The van der Waals surface area contributed by atoms with E-state index < -0.39 is 0 Å². The van der Waals surface area contributed by atoms with Crippen LogP contribution in [0.15, 0.2) is 42.1 Å². The van der Waals surface area contributed by atoms with Crippen molar-refractivity contribution in [1.82, 2.24) is 20.0 Å². The smallest absolute Gasteiger partial charge is 0.247 e. The molecule has 0 bridgehead atoms. The molecule has 1 aromatic carbocycles. The summed E-state index contributed by atoms with van der Waals surface area (Å²) >= 11 is 0. The van der Waals surface area contributed by atoms with E-state index in [4.69, 9.17) is 0 Å². The molecule has 1 fully saturated rings. The van der Waals surface area contributed by atoms with Crippen LogP contribution in [0.1, 0.15) is 62.6 Å². The first-order valence-corrected chi connectivity index (χ1v) is 11.1. The van der Waals surface area contributed by atoms with Crippen LogP contribution in [0.2, 0.25) is 0 Å². The van der Waals surface area contributed by atoms with Crippen LogP contribution in [-0.4, -0.2) is 39.6 Å². The molecule has 0 spiro atoms. The van der Waals surface area contributed by atoms with Crippen LogP contribution < -0.4 is 5.32 Å². The Morgan fingerprint density at radius 2 is 2.03 bits per heavy atom. The molecule has 7 heteroatoms. The lowest BCUT2D eigenvalue weighted by Gasteiger charge is -2.32. The zero-order valence-corrected chi connectivity index (χ0v) is 17.9. The zero-order valence-electron chi connectivity index (χ0n) is 17.9. The third-order valence-corrected chi connectivity index (χ3v) is 6.29. The number of rotatable bonds is 5. The number of allylic oxidation sites excluding steroid dienone is 1. The van der Waals surface area contributed by atoms with Crippen LogP contribution >= 0.6 is 0 Å². The van der Waals surface area contributed by atoms with Crippen LogP contribution in [0.25, 0.3) is 5.69 Å². The summed E-state index contributed by atoms with van der Waals surface area (Å²) in [5.74, 6) is -0.0625. The molecule has 1 saturated heterocycles. The van der Waals surface area contributed by atoms with Crippen molar-refractivity contribution in [2.75, 3.05) is 13.1 Å². The molecule has 0 radical (unpaired) electrons. The summed E-state index contributed by atoms with van der Waals surface area (Å²) in [6.45, 7) is 3.35. The van der Waals surface area contributed by atoms with Gasteiger partial charge in [-0.3, -0.25) is 9.59 Å². The minimum atomic E-state index is -0.315. The molecule has 2 amide bonds. The number of aromatic nitrogens is 2. The maximum Gasteiger partial charge on any atom is 0.247 e. The van der Waals surface area contributed by atoms with Crippen LogP contribution in [-0.2, 0) is 16.1 Å². The van der Waals surface area contributed by atoms with E-state index in [1.54, 1.807) is 23.9 Å². The van der Waals surface area contributed by atoms with Gasteiger partial charge in [0.15, 0.2) is 0 Å². The summed E-state index contributed by atoms with van der Waals surface area (Å²) in [4.78, 5) is 26.2. The Labute approximate surface area is 182 Å². The number of carbonyl (C=O) groups excluding carboxylic acids is 2. The standard InChI is InChI=1S/C24H29FN4O2/c1-17(30)28-12-10-18(11-13-28)23-20(15-26-24(31)19-6-3-2-4-7-19)16-27-29(23)22-9-5-8-21(25)14-22/h5-6,8-9,14,16,18H,2-4,7,10-13,15H2,1H3,(H,26,31). The number of nitrogens with one attached hydrogen (secondary N) is 1. The van der Waals surface area contributed by atoms with Crippen LogP contribution in [0.3, 0.4) is 0 Å². The molecule has 0 saturated carbocycles. The number of hydrogen-bond donors (Lipinski definition) is 1. The molecule has 0 atom stereocenters. The largest absolute Gasteiger partial charge is 0.348 e. The highest BCUT2D eigenvalue weighted by Crippen LogP contribution is 2.32. The lowest BCUT2D eigenvalue weighted by atomic mass is 9.90. The summed E-state index contributed by atoms with van der Waals surface area (Å²) in [5.41, 5.74) is 3.46. The van der Waals surface area contributed by atoms with Crippen molar-refractivity contribution in [3.05, 3.63) is 59.2 Å². The van der Waals surface area contributed by atoms with Gasteiger partial charge in [0.2, 0.25) is 11.8 Å². The normalized spacial score (nSPS) is 17.4. The van der Waals surface area contributed by atoms with Crippen LogP contribution in [0.5, 0.6) is 0 Å². The fourth-order valence-electron chi connectivity index (χ4n) is 4.58. The lowest BCUT2D eigenvalue weighted by Crippen LogP contribution is -2.37. The molecule has 0 unspecified atom stereocenters. The van der Waals surface area contributed by atoms with Crippen LogP contribution in [0.4, 0.5) is 4.39 Å². The molecular formula is C24H29FN4O2. The number of benzene rings is 1. The number of carbonyl (C=O) groups is 2. The predicted octanol–water partition coefficient (Wildman–Crippen LogP) is 3.85. The molecular weight excluding hydrogens is 395 g/mol. The minimum absolute atomic E-state index is 0.0180. The van der Waals surface area contributed by atoms with Gasteiger partial charge in [0.25, 0.3) is 0 Å². The van der Waals surface area contributed by atoms with E-state index in [-0.39, 0.29) is 23.5 Å². The summed E-state index contributed by atoms with van der Waals surface area (Å²) < 4.78 is 15.7. The fraction of sp³-hybridized carbons (Fsp3) is 0.458. The molecule has 31 heavy (non-hydrogen) atoms. The van der Waals surface area contributed by atoms with Gasteiger partial charge in [0, 0.05) is 43.6 Å². The molecule has 1 N–H and O–H groups in total. The number of nitrogens with zero attached hydrogens (tertiary/aromatic N) is 3. The van der Waals surface area contributed by atoms with E-state index in [2.05, 4.69) is 10.4 Å². The average molecular weight is 425 g/mol. The zero-order chi connectivity index (χ0) is 21.8. The first-order chi connectivity index (χ1) is 15.0. The van der Waals surface area contributed by atoms with Crippen molar-refractivity contribution in [3.8, 4) is 5.69 Å².